The van der Waals surface area contributed by atoms with Crippen LogP contribution in [0, 0.1) is 6.92 Å². The monoisotopic (exact) mass is 372 g/mol. The maximum Gasteiger partial charge on any atom is 0.0852 e. The smallest absolute Gasteiger partial charge is 0.0852 e. The number of aryl methyl sites for hydroxylation is 1. The van der Waals surface area contributed by atoms with Gasteiger partial charge in [0.25, 0.3) is 0 Å². The van der Waals surface area contributed by atoms with Crippen molar-refractivity contribution in [3.05, 3.63) is 107 Å². The van der Waals surface area contributed by atoms with Gasteiger partial charge in [-0.2, -0.15) is 0 Å². The minimum absolute atomic E-state index is 0.0780. The summed E-state index contributed by atoms with van der Waals surface area (Å²) in [5.41, 5.74) is 7.88. The third-order valence-corrected chi connectivity index (χ3v) is 6.11. The Morgan fingerprint density at radius 1 is 0.926 bits per heavy atom. The molecule has 0 amide bonds. The molecule has 1 unspecified atom stereocenters. The first-order chi connectivity index (χ1) is 13.1. The summed E-state index contributed by atoms with van der Waals surface area (Å²) in [5.74, 6) is 0.0780. The summed E-state index contributed by atoms with van der Waals surface area (Å²) in [7, 11) is -1.22. The molecule has 0 aromatic heterocycles. The molecule has 0 radical (unpaired) electrons. The Bertz CT molecular complexity index is 994. The number of allylic oxidation sites excluding steroid dienone is 1. The van der Waals surface area contributed by atoms with E-state index in [1.165, 1.54) is 5.56 Å². The summed E-state index contributed by atoms with van der Waals surface area (Å²) in [6.07, 6.45) is 1.94. The molecule has 2 atom stereocenters. The molecule has 136 valence electrons. The average Bonchev–Trinajstić information content (AvgIpc) is 2.72. The van der Waals surface area contributed by atoms with Crippen molar-refractivity contribution in [1.29, 1.82) is 0 Å². The highest BCUT2D eigenvalue weighted by atomic mass is 32.2. The summed E-state index contributed by atoms with van der Waals surface area (Å²) >= 11 is 0. The summed E-state index contributed by atoms with van der Waals surface area (Å²) in [6.45, 7) is 6.17. The molecule has 0 aliphatic carbocycles. The van der Waals surface area contributed by atoms with Crippen molar-refractivity contribution in [3.63, 3.8) is 0 Å². The highest BCUT2D eigenvalue weighted by Gasteiger charge is 2.20. The predicted molar refractivity (Wildman–Crippen MR) is 114 cm³/mol. The van der Waals surface area contributed by atoms with Crippen LogP contribution in [0.25, 0.3) is 5.57 Å². The molecule has 3 rings (SSSR count). The normalized spacial score (nSPS) is 12.7. The lowest BCUT2D eigenvalue weighted by Crippen LogP contribution is -2.04. The van der Waals surface area contributed by atoms with Crippen LogP contribution in [0.3, 0.4) is 0 Å². The van der Waals surface area contributed by atoms with E-state index in [-0.39, 0.29) is 5.92 Å². The van der Waals surface area contributed by atoms with Crippen molar-refractivity contribution in [1.82, 2.24) is 0 Å². The first kappa shape index (κ1) is 19.1. The van der Waals surface area contributed by atoms with Gasteiger partial charge in [0.2, 0.25) is 0 Å². The molecule has 27 heavy (non-hydrogen) atoms. The van der Waals surface area contributed by atoms with E-state index in [9.17, 15) is 4.21 Å². The van der Waals surface area contributed by atoms with Crippen molar-refractivity contribution in [3.8, 4) is 0 Å². The van der Waals surface area contributed by atoms with Crippen LogP contribution in [-0.4, -0.2) is 4.21 Å². The zero-order chi connectivity index (χ0) is 19.2. The zero-order valence-corrected chi connectivity index (χ0v) is 16.8. The molecule has 0 spiro atoms. The zero-order valence-electron chi connectivity index (χ0n) is 16.0. The molecule has 3 aromatic rings. The van der Waals surface area contributed by atoms with E-state index in [4.69, 9.17) is 0 Å². The van der Waals surface area contributed by atoms with E-state index in [2.05, 4.69) is 30.9 Å². The number of rotatable bonds is 5. The fourth-order valence-corrected chi connectivity index (χ4v) is 4.48. The SMILES string of the molecule is CC=C=C(c1ccccc1)[C@H](C)c1ccccc1S(=O)c1ccc(C)cc1. The van der Waals surface area contributed by atoms with Crippen LogP contribution < -0.4 is 0 Å². The van der Waals surface area contributed by atoms with Crippen LogP contribution in [-0.2, 0) is 10.8 Å². The molecule has 0 fully saturated rings. The lowest BCUT2D eigenvalue weighted by Gasteiger charge is -2.18. The maximum atomic E-state index is 13.3. The summed E-state index contributed by atoms with van der Waals surface area (Å²) in [6, 6.07) is 26.2. The van der Waals surface area contributed by atoms with Gasteiger partial charge in [-0.1, -0.05) is 73.2 Å². The third kappa shape index (κ3) is 4.36. The number of hydrogen-bond donors (Lipinski definition) is 0. The van der Waals surface area contributed by atoms with E-state index < -0.39 is 10.8 Å². The second kappa shape index (κ2) is 8.81. The van der Waals surface area contributed by atoms with Crippen LogP contribution >= 0.6 is 0 Å². The van der Waals surface area contributed by atoms with Crippen LogP contribution in [0.1, 0.15) is 36.5 Å². The Morgan fingerprint density at radius 3 is 2.22 bits per heavy atom. The lowest BCUT2D eigenvalue weighted by atomic mass is 9.88. The number of hydrogen-bond acceptors (Lipinski definition) is 1. The first-order valence-electron chi connectivity index (χ1n) is 9.16. The molecular weight excluding hydrogens is 348 g/mol. The van der Waals surface area contributed by atoms with Crippen LogP contribution in [0.2, 0.25) is 0 Å². The molecule has 0 aliphatic heterocycles. The Morgan fingerprint density at radius 2 is 1.56 bits per heavy atom. The van der Waals surface area contributed by atoms with Gasteiger partial charge in [0.15, 0.2) is 0 Å². The highest BCUT2D eigenvalue weighted by molar-refractivity contribution is 7.85. The van der Waals surface area contributed by atoms with Gasteiger partial charge in [-0.25, -0.2) is 4.21 Å². The summed E-state index contributed by atoms with van der Waals surface area (Å²) < 4.78 is 13.3. The van der Waals surface area contributed by atoms with E-state index in [1.54, 1.807) is 0 Å². The summed E-state index contributed by atoms with van der Waals surface area (Å²) in [4.78, 5) is 1.69. The molecule has 0 saturated heterocycles. The van der Waals surface area contributed by atoms with Crippen molar-refractivity contribution in [2.45, 2.75) is 36.5 Å². The average molecular weight is 373 g/mol. The minimum Gasteiger partial charge on any atom is -0.249 e. The number of benzene rings is 3. The van der Waals surface area contributed by atoms with Gasteiger partial charge >= 0.3 is 0 Å². The standard InChI is InChI=1S/C25H24OS/c1-4-10-23(21-11-6-5-7-12-21)20(3)24-13-8-9-14-25(24)27(26)22-17-15-19(2)16-18-22/h4-9,11-18,20H,1-3H3/t10?,20-,27?/m0/s1. The van der Waals surface area contributed by atoms with Crippen molar-refractivity contribution in [2.24, 2.45) is 0 Å². The largest absolute Gasteiger partial charge is 0.249 e. The molecule has 0 N–H and O–H groups in total. The molecule has 0 heterocycles. The van der Waals surface area contributed by atoms with E-state index >= 15 is 0 Å². The lowest BCUT2D eigenvalue weighted by molar-refractivity contribution is 0.681. The maximum absolute atomic E-state index is 13.3. The Balaban J connectivity index is 2.06. The van der Waals surface area contributed by atoms with Gasteiger partial charge < -0.3 is 0 Å². The molecule has 0 bridgehead atoms. The van der Waals surface area contributed by atoms with Gasteiger partial charge in [-0.05, 0) is 49.2 Å². The molecule has 0 aliphatic rings. The summed E-state index contributed by atoms with van der Waals surface area (Å²) in [5, 5.41) is 0. The molecule has 1 nitrogen and oxygen atoms in total. The van der Waals surface area contributed by atoms with Gasteiger partial charge in [0, 0.05) is 21.3 Å². The van der Waals surface area contributed by atoms with Crippen molar-refractivity contribution >= 4 is 16.4 Å². The van der Waals surface area contributed by atoms with Gasteiger partial charge in [-0.3, -0.25) is 0 Å². The van der Waals surface area contributed by atoms with Crippen LogP contribution in [0.15, 0.2) is 100 Å². The topological polar surface area (TPSA) is 17.1 Å². The Hall–Kier alpha value is -2.67. The molecule has 0 saturated carbocycles. The highest BCUT2D eigenvalue weighted by Crippen LogP contribution is 2.35. The van der Waals surface area contributed by atoms with Crippen molar-refractivity contribution in [2.75, 3.05) is 0 Å². The second-order valence-corrected chi connectivity index (χ2v) is 8.00. The minimum atomic E-state index is -1.22. The Kier molecular flexibility index (Phi) is 6.24. The van der Waals surface area contributed by atoms with Gasteiger partial charge in [-0.15, -0.1) is 5.73 Å². The van der Waals surface area contributed by atoms with Gasteiger partial charge in [0.1, 0.15) is 0 Å². The molecule has 2 heteroatoms. The van der Waals surface area contributed by atoms with Crippen LogP contribution in [0.5, 0.6) is 0 Å². The molecular formula is C25H24OS. The quantitative estimate of drug-likeness (QED) is 0.466. The molecule has 3 aromatic carbocycles. The Labute approximate surface area is 164 Å². The first-order valence-corrected chi connectivity index (χ1v) is 10.3. The fraction of sp³-hybridized carbons (Fsp3) is 0.160. The van der Waals surface area contributed by atoms with Gasteiger partial charge in [0.05, 0.1) is 10.8 Å². The van der Waals surface area contributed by atoms with E-state index in [0.29, 0.717) is 0 Å². The fourth-order valence-electron chi connectivity index (χ4n) is 3.18. The predicted octanol–water partition coefficient (Wildman–Crippen LogP) is 6.52. The van der Waals surface area contributed by atoms with Crippen LogP contribution in [0.4, 0.5) is 0 Å². The van der Waals surface area contributed by atoms with Crippen molar-refractivity contribution < 1.29 is 4.21 Å². The van der Waals surface area contributed by atoms with E-state index in [1.807, 2.05) is 80.6 Å². The second-order valence-electron chi connectivity index (χ2n) is 6.55. The van der Waals surface area contributed by atoms with E-state index in [0.717, 1.165) is 26.5 Å². The third-order valence-electron chi connectivity index (χ3n) is 4.64.